The lowest BCUT2D eigenvalue weighted by molar-refractivity contribution is -0.136. The first kappa shape index (κ1) is 21.0. The summed E-state index contributed by atoms with van der Waals surface area (Å²) < 4.78 is 5.19. The van der Waals surface area contributed by atoms with Crippen LogP contribution in [0.1, 0.15) is 5.56 Å². The third-order valence-electron chi connectivity index (χ3n) is 5.31. The van der Waals surface area contributed by atoms with Crippen LogP contribution in [0.15, 0.2) is 59.5 Å². The normalized spacial score (nSPS) is 18.1. The molecule has 0 unspecified atom stereocenters. The van der Waals surface area contributed by atoms with Gasteiger partial charge in [0.25, 0.3) is 11.1 Å². The van der Waals surface area contributed by atoms with E-state index in [0.29, 0.717) is 36.8 Å². The molecule has 31 heavy (non-hydrogen) atoms. The Bertz CT molecular complexity index is 1020. The zero-order valence-corrected chi connectivity index (χ0v) is 18.0. The first-order chi connectivity index (χ1) is 15.0. The second-order valence-corrected chi connectivity index (χ2v) is 8.24. The van der Waals surface area contributed by atoms with Crippen molar-refractivity contribution in [3.8, 4) is 5.75 Å². The Kier molecular flexibility index (Phi) is 6.27. The molecule has 2 aromatic carbocycles. The molecule has 0 atom stereocenters. The van der Waals surface area contributed by atoms with E-state index in [9.17, 15) is 14.4 Å². The smallest absolute Gasteiger partial charge is 0.294 e. The summed E-state index contributed by atoms with van der Waals surface area (Å²) in [5.41, 5.74) is 1.89. The van der Waals surface area contributed by atoms with Gasteiger partial charge in [-0.1, -0.05) is 30.3 Å². The van der Waals surface area contributed by atoms with Gasteiger partial charge in [0.15, 0.2) is 0 Å². The van der Waals surface area contributed by atoms with Crippen molar-refractivity contribution in [2.75, 3.05) is 44.7 Å². The Balaban J connectivity index is 1.37. The Hall–Kier alpha value is -3.26. The molecule has 0 saturated carbocycles. The van der Waals surface area contributed by atoms with Crippen LogP contribution in [0.3, 0.4) is 0 Å². The number of thioether (sulfide) groups is 1. The molecule has 4 rings (SSSR count). The molecule has 160 valence electrons. The van der Waals surface area contributed by atoms with E-state index in [-0.39, 0.29) is 12.5 Å². The highest BCUT2D eigenvalue weighted by Crippen LogP contribution is 2.32. The van der Waals surface area contributed by atoms with Crippen LogP contribution < -0.4 is 9.64 Å². The molecular formula is C23H23N3O4S. The second kappa shape index (κ2) is 9.26. The van der Waals surface area contributed by atoms with Crippen molar-refractivity contribution in [2.24, 2.45) is 0 Å². The first-order valence-corrected chi connectivity index (χ1v) is 10.8. The number of hydrogen-bond donors (Lipinski definition) is 0. The monoisotopic (exact) mass is 437 g/mol. The van der Waals surface area contributed by atoms with E-state index >= 15 is 0 Å². The summed E-state index contributed by atoms with van der Waals surface area (Å²) >= 11 is 0.855. The third kappa shape index (κ3) is 4.74. The number of ether oxygens (including phenoxy) is 1. The summed E-state index contributed by atoms with van der Waals surface area (Å²) in [5, 5.41) is -0.421. The number of carbonyl (C=O) groups excluding carboxylic acids is 3. The van der Waals surface area contributed by atoms with Crippen LogP contribution in [0.4, 0.5) is 10.5 Å². The predicted molar refractivity (Wildman–Crippen MR) is 121 cm³/mol. The fourth-order valence-electron chi connectivity index (χ4n) is 3.61. The van der Waals surface area contributed by atoms with Gasteiger partial charge in [0, 0.05) is 31.9 Å². The number of carbonyl (C=O) groups is 3. The molecule has 3 amide bonds. The van der Waals surface area contributed by atoms with Gasteiger partial charge in [-0.15, -0.1) is 0 Å². The summed E-state index contributed by atoms with van der Waals surface area (Å²) in [6.07, 6.45) is 1.65. The molecule has 0 aromatic heterocycles. The SMILES string of the molecule is COc1cccc(/C=C2\SC(=O)N(CC(=O)N3CCN(c4ccccc4)CC3)C2=O)c1. The van der Waals surface area contributed by atoms with E-state index in [1.54, 1.807) is 30.2 Å². The number of anilines is 1. The molecule has 0 aliphatic carbocycles. The second-order valence-electron chi connectivity index (χ2n) is 7.25. The molecule has 2 fully saturated rings. The number of imide groups is 1. The molecule has 0 spiro atoms. The number of piperazine rings is 1. The highest BCUT2D eigenvalue weighted by atomic mass is 32.2. The predicted octanol–water partition coefficient (Wildman–Crippen LogP) is 3.08. The van der Waals surface area contributed by atoms with Gasteiger partial charge in [0.1, 0.15) is 12.3 Å². The van der Waals surface area contributed by atoms with Gasteiger partial charge in [0.05, 0.1) is 12.0 Å². The molecular weight excluding hydrogens is 414 g/mol. The van der Waals surface area contributed by atoms with Crippen LogP contribution in [-0.4, -0.2) is 66.7 Å². The number of hydrogen-bond acceptors (Lipinski definition) is 6. The number of nitrogens with zero attached hydrogens (tertiary/aromatic N) is 3. The molecule has 0 bridgehead atoms. The summed E-state index contributed by atoms with van der Waals surface area (Å²) in [5.74, 6) is 0.0181. The van der Waals surface area contributed by atoms with Gasteiger partial charge in [0.2, 0.25) is 5.91 Å². The molecule has 2 saturated heterocycles. The minimum Gasteiger partial charge on any atom is -0.497 e. The lowest BCUT2D eigenvalue weighted by Gasteiger charge is -2.36. The molecule has 2 heterocycles. The maximum absolute atomic E-state index is 12.8. The van der Waals surface area contributed by atoms with E-state index in [1.165, 1.54) is 0 Å². The van der Waals surface area contributed by atoms with Crippen molar-refractivity contribution >= 4 is 40.6 Å². The zero-order valence-electron chi connectivity index (χ0n) is 17.2. The van der Waals surface area contributed by atoms with Crippen LogP contribution in [0.2, 0.25) is 0 Å². The van der Waals surface area contributed by atoms with Crippen molar-refractivity contribution < 1.29 is 19.1 Å². The third-order valence-corrected chi connectivity index (χ3v) is 6.22. The molecule has 0 N–H and O–H groups in total. The Labute approximate surface area is 185 Å². The molecule has 0 radical (unpaired) electrons. The minimum atomic E-state index is -0.436. The van der Waals surface area contributed by atoms with Gasteiger partial charge in [-0.05, 0) is 47.7 Å². The lowest BCUT2D eigenvalue weighted by Crippen LogP contribution is -2.51. The van der Waals surface area contributed by atoms with Gasteiger partial charge in [-0.2, -0.15) is 0 Å². The van der Waals surface area contributed by atoms with Crippen molar-refractivity contribution in [3.63, 3.8) is 0 Å². The van der Waals surface area contributed by atoms with Gasteiger partial charge >= 0.3 is 0 Å². The number of rotatable bonds is 5. The zero-order chi connectivity index (χ0) is 21.8. The maximum Gasteiger partial charge on any atom is 0.294 e. The average molecular weight is 438 g/mol. The molecule has 2 aromatic rings. The van der Waals surface area contributed by atoms with E-state index < -0.39 is 11.1 Å². The van der Waals surface area contributed by atoms with Crippen molar-refractivity contribution in [3.05, 3.63) is 65.1 Å². The summed E-state index contributed by atoms with van der Waals surface area (Å²) in [6.45, 7) is 2.32. The van der Waals surface area contributed by atoms with E-state index in [1.807, 2.05) is 42.5 Å². The maximum atomic E-state index is 12.8. The quantitative estimate of drug-likeness (QED) is 0.670. The van der Waals surface area contributed by atoms with Crippen molar-refractivity contribution in [2.45, 2.75) is 0 Å². The fourth-order valence-corrected chi connectivity index (χ4v) is 4.45. The average Bonchev–Trinajstić information content (AvgIpc) is 3.07. The van der Waals surface area contributed by atoms with Crippen LogP contribution in [-0.2, 0) is 9.59 Å². The fraction of sp³-hybridized carbons (Fsp3) is 0.261. The summed E-state index contributed by atoms with van der Waals surface area (Å²) in [7, 11) is 1.57. The van der Waals surface area contributed by atoms with Crippen molar-refractivity contribution in [1.82, 2.24) is 9.80 Å². The Morgan fingerprint density at radius 1 is 1.03 bits per heavy atom. The molecule has 2 aliphatic rings. The van der Waals surface area contributed by atoms with Gasteiger partial charge < -0.3 is 14.5 Å². The van der Waals surface area contributed by atoms with Crippen molar-refractivity contribution in [1.29, 1.82) is 0 Å². The first-order valence-electron chi connectivity index (χ1n) is 10.0. The topological polar surface area (TPSA) is 70.2 Å². The molecule has 8 heteroatoms. The molecule has 2 aliphatic heterocycles. The van der Waals surface area contributed by atoms with Gasteiger partial charge in [-0.3, -0.25) is 19.3 Å². The lowest BCUT2D eigenvalue weighted by atomic mass is 10.2. The van der Waals surface area contributed by atoms with Crippen LogP contribution >= 0.6 is 11.8 Å². The van der Waals surface area contributed by atoms with E-state index in [4.69, 9.17) is 4.74 Å². The Morgan fingerprint density at radius 2 is 1.77 bits per heavy atom. The highest BCUT2D eigenvalue weighted by molar-refractivity contribution is 8.18. The van der Waals surface area contributed by atoms with E-state index in [0.717, 1.165) is 27.9 Å². The standard InChI is InChI=1S/C23H23N3O4S/c1-30-19-9-5-6-17(14-19)15-20-22(28)26(23(29)31-20)16-21(27)25-12-10-24(11-13-25)18-7-3-2-4-8-18/h2-9,14-15H,10-13,16H2,1H3/b20-15-. The Morgan fingerprint density at radius 3 is 2.48 bits per heavy atom. The number of para-hydroxylation sites is 1. The van der Waals surface area contributed by atoms with Gasteiger partial charge in [-0.25, -0.2) is 0 Å². The van der Waals surface area contributed by atoms with E-state index in [2.05, 4.69) is 4.90 Å². The molecule has 7 nitrogen and oxygen atoms in total. The number of benzene rings is 2. The minimum absolute atomic E-state index is 0.211. The summed E-state index contributed by atoms with van der Waals surface area (Å²) in [6, 6.07) is 17.3. The summed E-state index contributed by atoms with van der Waals surface area (Å²) in [4.78, 5) is 43.2. The largest absolute Gasteiger partial charge is 0.497 e. The van der Waals surface area contributed by atoms with Crippen LogP contribution in [0, 0.1) is 0 Å². The number of amides is 3. The highest BCUT2D eigenvalue weighted by Gasteiger charge is 2.37. The van der Waals surface area contributed by atoms with Crippen LogP contribution in [0.5, 0.6) is 5.75 Å². The number of methoxy groups -OCH3 is 1. The van der Waals surface area contributed by atoms with Crippen LogP contribution in [0.25, 0.3) is 6.08 Å².